The van der Waals surface area contributed by atoms with E-state index in [0.29, 0.717) is 6.54 Å². The van der Waals surface area contributed by atoms with Crippen molar-refractivity contribution >= 4 is 6.03 Å². The summed E-state index contributed by atoms with van der Waals surface area (Å²) < 4.78 is 1.82. The molecule has 1 aromatic heterocycles. The number of nitrogens with zero attached hydrogens (tertiary/aromatic N) is 2. The second-order valence-corrected chi connectivity index (χ2v) is 5.35. The fourth-order valence-electron chi connectivity index (χ4n) is 2.31. The first-order chi connectivity index (χ1) is 11.2. The number of hydrogen-bond donors (Lipinski definition) is 3. The van der Waals surface area contributed by atoms with Gasteiger partial charge >= 0.3 is 6.03 Å². The second-order valence-electron chi connectivity index (χ2n) is 5.35. The van der Waals surface area contributed by atoms with Crippen LogP contribution in [-0.4, -0.2) is 34.1 Å². The summed E-state index contributed by atoms with van der Waals surface area (Å²) in [5, 5.41) is 19.2. The number of rotatable bonds is 8. The highest BCUT2D eigenvalue weighted by Gasteiger charge is 2.13. The van der Waals surface area contributed by atoms with E-state index in [4.69, 9.17) is 0 Å². The number of amides is 2. The number of carbonyl (C=O) groups excluding carboxylic acids is 1. The second kappa shape index (κ2) is 8.95. The summed E-state index contributed by atoms with van der Waals surface area (Å²) in [5.74, 6) is 0. The van der Waals surface area contributed by atoms with Gasteiger partial charge in [0.2, 0.25) is 0 Å². The lowest BCUT2D eigenvalue weighted by Crippen LogP contribution is -2.39. The number of aromatic nitrogens is 2. The smallest absolute Gasteiger partial charge is 0.315 e. The minimum absolute atomic E-state index is 0.133. The summed E-state index contributed by atoms with van der Waals surface area (Å²) in [5.41, 5.74) is 2.13. The topological polar surface area (TPSA) is 79.2 Å². The van der Waals surface area contributed by atoms with E-state index >= 15 is 0 Å². The number of aliphatic hydroxyl groups excluding tert-OH is 1. The van der Waals surface area contributed by atoms with E-state index in [1.165, 1.54) is 5.56 Å². The van der Waals surface area contributed by atoms with Crippen molar-refractivity contribution in [1.82, 2.24) is 20.4 Å². The largest absolute Gasteiger partial charge is 0.394 e. The Labute approximate surface area is 136 Å². The lowest BCUT2D eigenvalue weighted by molar-refractivity contribution is 0.216. The summed E-state index contributed by atoms with van der Waals surface area (Å²) in [6.07, 6.45) is 5.38. The predicted octanol–water partition coefficient (Wildman–Crippen LogP) is 1.87. The van der Waals surface area contributed by atoms with Crippen molar-refractivity contribution in [2.45, 2.75) is 32.4 Å². The molecular formula is C17H24N4O2. The number of urea groups is 1. The number of nitrogens with one attached hydrogen (secondary N) is 2. The molecule has 0 aliphatic rings. The molecule has 0 radical (unpaired) electrons. The molecule has 6 nitrogen and oxygen atoms in total. The third-order valence-corrected chi connectivity index (χ3v) is 3.69. The van der Waals surface area contributed by atoms with Gasteiger partial charge in [0.15, 0.2) is 0 Å². The van der Waals surface area contributed by atoms with E-state index in [2.05, 4.69) is 22.7 Å². The van der Waals surface area contributed by atoms with E-state index in [9.17, 15) is 9.90 Å². The normalized spacial score (nSPS) is 11.9. The molecule has 0 aliphatic carbocycles. The molecule has 0 saturated heterocycles. The summed E-state index contributed by atoms with van der Waals surface area (Å²) in [6, 6.07) is 9.12. The molecule has 1 atom stereocenters. The van der Waals surface area contributed by atoms with Crippen LogP contribution in [0.5, 0.6) is 0 Å². The monoisotopic (exact) mass is 316 g/mol. The van der Waals surface area contributed by atoms with Gasteiger partial charge in [0.25, 0.3) is 0 Å². The Bertz CT molecular complexity index is 581. The van der Waals surface area contributed by atoms with Crippen molar-refractivity contribution in [1.29, 1.82) is 0 Å². The minimum atomic E-state index is -0.396. The van der Waals surface area contributed by atoms with Crippen LogP contribution in [0, 0.1) is 0 Å². The Morgan fingerprint density at radius 2 is 2.13 bits per heavy atom. The summed E-state index contributed by atoms with van der Waals surface area (Å²) in [7, 11) is 0. The maximum Gasteiger partial charge on any atom is 0.315 e. The van der Waals surface area contributed by atoms with Gasteiger partial charge in [-0.05, 0) is 30.0 Å². The molecule has 23 heavy (non-hydrogen) atoms. The molecule has 2 amide bonds. The molecule has 3 N–H and O–H groups in total. The lowest BCUT2D eigenvalue weighted by atomic mass is 10.0. The number of benzene rings is 1. The summed E-state index contributed by atoms with van der Waals surface area (Å²) in [4.78, 5) is 11.9. The predicted molar refractivity (Wildman–Crippen MR) is 89.0 cm³/mol. The van der Waals surface area contributed by atoms with Crippen molar-refractivity contribution in [2.24, 2.45) is 0 Å². The summed E-state index contributed by atoms with van der Waals surface area (Å²) >= 11 is 0. The van der Waals surface area contributed by atoms with Crippen molar-refractivity contribution in [3.05, 3.63) is 53.9 Å². The SMILES string of the molecule is CCc1ccc(C(CO)NC(=O)NCCCn2cccn2)cc1. The van der Waals surface area contributed by atoms with Crippen LogP contribution in [0.25, 0.3) is 0 Å². The van der Waals surface area contributed by atoms with Crippen LogP contribution in [0.1, 0.15) is 30.5 Å². The zero-order valence-electron chi connectivity index (χ0n) is 13.4. The Kier molecular flexibility index (Phi) is 6.62. The van der Waals surface area contributed by atoms with E-state index < -0.39 is 6.04 Å². The van der Waals surface area contributed by atoms with Gasteiger partial charge < -0.3 is 15.7 Å². The molecule has 2 rings (SSSR count). The van der Waals surface area contributed by atoms with Crippen LogP contribution < -0.4 is 10.6 Å². The third kappa shape index (κ3) is 5.41. The standard InChI is InChI=1S/C17H24N4O2/c1-2-14-5-7-15(8-6-14)16(13-22)20-17(23)18-9-3-11-21-12-4-10-19-21/h4-8,10,12,16,22H,2-3,9,11,13H2,1H3,(H2,18,20,23). The first-order valence-corrected chi connectivity index (χ1v) is 7.94. The van der Waals surface area contributed by atoms with Crippen LogP contribution in [0.2, 0.25) is 0 Å². The molecule has 0 bridgehead atoms. The van der Waals surface area contributed by atoms with Crippen LogP contribution in [0.15, 0.2) is 42.7 Å². The van der Waals surface area contributed by atoms with E-state index in [1.807, 2.05) is 41.2 Å². The van der Waals surface area contributed by atoms with Gasteiger partial charge in [-0.3, -0.25) is 4.68 Å². The lowest BCUT2D eigenvalue weighted by Gasteiger charge is -2.17. The molecule has 0 fully saturated rings. The zero-order chi connectivity index (χ0) is 16.5. The first kappa shape index (κ1) is 17.0. The highest BCUT2D eigenvalue weighted by atomic mass is 16.3. The van der Waals surface area contributed by atoms with Gasteiger partial charge in [0, 0.05) is 25.5 Å². The maximum atomic E-state index is 11.9. The van der Waals surface area contributed by atoms with Gasteiger partial charge in [-0.1, -0.05) is 31.2 Å². The molecule has 6 heteroatoms. The number of aryl methyl sites for hydroxylation is 2. The van der Waals surface area contributed by atoms with Gasteiger partial charge in [-0.15, -0.1) is 0 Å². The fraction of sp³-hybridized carbons (Fsp3) is 0.412. The molecule has 0 saturated carbocycles. The van der Waals surface area contributed by atoms with E-state index in [0.717, 1.165) is 24.9 Å². The highest BCUT2D eigenvalue weighted by Crippen LogP contribution is 2.13. The quantitative estimate of drug-likeness (QED) is 0.651. The van der Waals surface area contributed by atoms with Crippen LogP contribution in [0.4, 0.5) is 4.79 Å². The number of hydrogen-bond acceptors (Lipinski definition) is 3. The van der Waals surface area contributed by atoms with Gasteiger partial charge in [0.1, 0.15) is 0 Å². The maximum absolute atomic E-state index is 11.9. The van der Waals surface area contributed by atoms with Crippen molar-refractivity contribution in [3.8, 4) is 0 Å². The van der Waals surface area contributed by atoms with Crippen molar-refractivity contribution < 1.29 is 9.90 Å². The highest BCUT2D eigenvalue weighted by molar-refractivity contribution is 5.74. The van der Waals surface area contributed by atoms with E-state index in [1.54, 1.807) is 6.20 Å². The Morgan fingerprint density at radius 3 is 2.74 bits per heavy atom. The summed E-state index contributed by atoms with van der Waals surface area (Å²) in [6.45, 7) is 3.27. The molecule has 124 valence electrons. The fourth-order valence-corrected chi connectivity index (χ4v) is 2.31. The van der Waals surface area contributed by atoms with E-state index in [-0.39, 0.29) is 12.6 Å². The van der Waals surface area contributed by atoms with Gasteiger partial charge in [-0.25, -0.2) is 4.79 Å². The molecule has 0 aliphatic heterocycles. The van der Waals surface area contributed by atoms with Gasteiger partial charge in [0.05, 0.1) is 12.6 Å². The third-order valence-electron chi connectivity index (χ3n) is 3.69. The van der Waals surface area contributed by atoms with Gasteiger partial charge in [-0.2, -0.15) is 5.10 Å². The average Bonchev–Trinajstić information content (AvgIpc) is 3.10. The molecule has 0 spiro atoms. The minimum Gasteiger partial charge on any atom is -0.394 e. The Balaban J connectivity index is 1.75. The van der Waals surface area contributed by atoms with Crippen LogP contribution in [-0.2, 0) is 13.0 Å². The Hall–Kier alpha value is -2.34. The molecule has 1 unspecified atom stereocenters. The average molecular weight is 316 g/mol. The molecular weight excluding hydrogens is 292 g/mol. The van der Waals surface area contributed by atoms with Crippen molar-refractivity contribution in [2.75, 3.05) is 13.2 Å². The molecule has 2 aromatic rings. The first-order valence-electron chi connectivity index (χ1n) is 7.94. The zero-order valence-corrected chi connectivity index (χ0v) is 13.4. The van der Waals surface area contributed by atoms with Crippen molar-refractivity contribution in [3.63, 3.8) is 0 Å². The van der Waals surface area contributed by atoms with Crippen LogP contribution in [0.3, 0.4) is 0 Å². The molecule has 1 aromatic carbocycles. The number of carbonyl (C=O) groups is 1. The molecule has 1 heterocycles. The Morgan fingerprint density at radius 1 is 1.35 bits per heavy atom. The van der Waals surface area contributed by atoms with Crippen LogP contribution >= 0.6 is 0 Å². The number of aliphatic hydroxyl groups is 1.